The van der Waals surface area contributed by atoms with Gasteiger partial charge >= 0.3 is 0 Å². The molecule has 1 amide bonds. The lowest BCUT2D eigenvalue weighted by atomic mass is 9.98. The van der Waals surface area contributed by atoms with Crippen LogP contribution in [0.5, 0.6) is 17.2 Å². The van der Waals surface area contributed by atoms with Gasteiger partial charge in [0.25, 0.3) is 15.9 Å². The number of amides is 1. The molecule has 1 heterocycles. The highest BCUT2D eigenvalue weighted by Crippen LogP contribution is 2.47. The predicted octanol–water partition coefficient (Wildman–Crippen LogP) is 7.58. The largest absolute Gasteiger partial charge is 0.494 e. The highest BCUT2D eigenvalue weighted by molar-refractivity contribution is 7.92. The number of methoxy groups -OCH3 is 2. The fourth-order valence-corrected chi connectivity index (χ4v) is 7.04. The van der Waals surface area contributed by atoms with E-state index in [9.17, 15) is 13.2 Å². The smallest absolute Gasteiger partial charge is 0.262 e. The van der Waals surface area contributed by atoms with E-state index < -0.39 is 16.2 Å². The van der Waals surface area contributed by atoms with Crippen molar-refractivity contribution in [2.24, 2.45) is 0 Å². The number of fused-ring (bicyclic) bond motifs is 1. The molecule has 246 valence electrons. The summed E-state index contributed by atoms with van der Waals surface area (Å²) in [6, 6.07) is 34.6. The Morgan fingerprint density at radius 3 is 2.21 bits per heavy atom. The van der Waals surface area contributed by atoms with Gasteiger partial charge in [-0.25, -0.2) is 8.42 Å². The number of nitrogens with one attached hydrogen (secondary N) is 1. The maximum atomic E-state index is 14.8. The normalized spacial score (nSPS) is 14.3. The highest BCUT2D eigenvalue weighted by atomic mass is 32.2. The monoisotopic (exact) mass is 663 g/mol. The Kier molecular flexibility index (Phi) is 9.27. The second kappa shape index (κ2) is 13.7. The number of rotatable bonds is 11. The first-order valence-corrected chi connectivity index (χ1v) is 17.0. The van der Waals surface area contributed by atoms with Crippen LogP contribution in [0.15, 0.2) is 120 Å². The molecule has 1 N–H and O–H groups in total. The predicted molar refractivity (Wildman–Crippen MR) is 188 cm³/mol. The van der Waals surface area contributed by atoms with E-state index in [0.717, 1.165) is 11.1 Å². The van der Waals surface area contributed by atoms with Crippen LogP contribution in [0.3, 0.4) is 0 Å². The van der Waals surface area contributed by atoms with Crippen LogP contribution in [0.1, 0.15) is 40.1 Å². The van der Waals surface area contributed by atoms with Crippen LogP contribution in [0.2, 0.25) is 0 Å². The number of ether oxygens (including phenoxy) is 3. The molecule has 48 heavy (non-hydrogen) atoms. The van der Waals surface area contributed by atoms with Gasteiger partial charge in [0.15, 0.2) is 11.5 Å². The van der Waals surface area contributed by atoms with Gasteiger partial charge in [0.05, 0.1) is 37.0 Å². The van der Waals surface area contributed by atoms with Crippen molar-refractivity contribution in [3.8, 4) is 17.2 Å². The Labute approximate surface area is 281 Å². The lowest BCUT2D eigenvalue weighted by molar-refractivity contribution is 0.0967. The van der Waals surface area contributed by atoms with Crippen molar-refractivity contribution in [1.29, 1.82) is 0 Å². The minimum atomic E-state index is -4.06. The van der Waals surface area contributed by atoms with E-state index in [1.807, 2.05) is 86.6 Å². The van der Waals surface area contributed by atoms with Crippen LogP contribution < -0.4 is 28.7 Å². The van der Waals surface area contributed by atoms with Crippen molar-refractivity contribution in [3.05, 3.63) is 138 Å². The molecular weight excluding hydrogens is 627 g/mol. The summed E-state index contributed by atoms with van der Waals surface area (Å²) in [7, 11) is -0.911. The van der Waals surface area contributed by atoms with Crippen LogP contribution >= 0.6 is 0 Å². The SMILES string of the molecule is CCOc1ccc(NS(=O)(=O)c2ccc3c(c2)C(=O)N(c2ccc(C)cc2)[C@@H](c2cccc(OC)c2OC)N3Cc2ccccc2)cc1. The number of hydrogen-bond donors (Lipinski definition) is 1. The number of carbonyl (C=O) groups excluding carboxylic acids is 1. The summed E-state index contributed by atoms with van der Waals surface area (Å²) in [5.41, 5.74) is 4.60. The molecule has 0 radical (unpaired) electrons. The second-order valence-corrected chi connectivity index (χ2v) is 13.0. The Morgan fingerprint density at radius 2 is 1.54 bits per heavy atom. The van der Waals surface area contributed by atoms with E-state index in [1.54, 1.807) is 49.5 Å². The quantitative estimate of drug-likeness (QED) is 0.156. The molecule has 10 heteroatoms. The van der Waals surface area contributed by atoms with Crippen molar-refractivity contribution in [2.45, 2.75) is 31.5 Å². The van der Waals surface area contributed by atoms with Crippen LogP contribution in [0, 0.1) is 6.92 Å². The molecule has 6 rings (SSSR count). The van der Waals surface area contributed by atoms with E-state index in [4.69, 9.17) is 14.2 Å². The fourth-order valence-electron chi connectivity index (χ4n) is 5.95. The summed E-state index contributed by atoms with van der Waals surface area (Å²) in [4.78, 5) is 18.5. The van der Waals surface area contributed by atoms with E-state index in [-0.39, 0.29) is 16.4 Å². The third-order valence-electron chi connectivity index (χ3n) is 8.21. The zero-order valence-corrected chi connectivity index (χ0v) is 28.0. The number of hydrogen-bond acceptors (Lipinski definition) is 7. The lowest BCUT2D eigenvalue weighted by Gasteiger charge is -2.46. The molecule has 0 aromatic heterocycles. The van der Waals surface area contributed by atoms with Gasteiger partial charge in [0, 0.05) is 23.5 Å². The van der Waals surface area contributed by atoms with Gasteiger partial charge in [-0.05, 0) is 80.1 Å². The molecule has 0 bridgehead atoms. The van der Waals surface area contributed by atoms with E-state index in [2.05, 4.69) is 9.62 Å². The van der Waals surface area contributed by atoms with Gasteiger partial charge in [-0.1, -0.05) is 60.2 Å². The molecule has 0 fully saturated rings. The third-order valence-corrected chi connectivity index (χ3v) is 9.59. The molecule has 0 spiro atoms. The molecule has 5 aromatic rings. The molecule has 0 aliphatic carbocycles. The Hall–Kier alpha value is -5.48. The number of anilines is 3. The van der Waals surface area contributed by atoms with Gasteiger partial charge in [0.2, 0.25) is 0 Å². The molecule has 0 unspecified atom stereocenters. The van der Waals surface area contributed by atoms with E-state index in [0.29, 0.717) is 53.0 Å². The number of sulfonamides is 1. The molecule has 1 atom stereocenters. The summed E-state index contributed by atoms with van der Waals surface area (Å²) >= 11 is 0. The van der Waals surface area contributed by atoms with E-state index >= 15 is 0 Å². The Balaban J connectivity index is 1.52. The minimum absolute atomic E-state index is 0.0376. The lowest BCUT2D eigenvalue weighted by Crippen LogP contribution is -2.49. The molecule has 5 aromatic carbocycles. The highest BCUT2D eigenvalue weighted by Gasteiger charge is 2.42. The van der Waals surface area contributed by atoms with Gasteiger partial charge in [-0.15, -0.1) is 0 Å². The summed E-state index contributed by atoms with van der Waals surface area (Å²) in [6.07, 6.45) is -0.678. The molecule has 0 saturated heterocycles. The average Bonchev–Trinajstić information content (AvgIpc) is 3.10. The fraction of sp³-hybridized carbons (Fsp3) is 0.184. The first-order chi connectivity index (χ1) is 23.2. The maximum absolute atomic E-state index is 14.8. The Bertz CT molecular complexity index is 2020. The van der Waals surface area contributed by atoms with Crippen molar-refractivity contribution in [2.75, 3.05) is 35.3 Å². The number of para-hydroxylation sites is 1. The first-order valence-electron chi connectivity index (χ1n) is 15.6. The zero-order chi connectivity index (χ0) is 33.8. The minimum Gasteiger partial charge on any atom is -0.494 e. The van der Waals surface area contributed by atoms with Gasteiger partial charge in [-0.2, -0.15) is 0 Å². The molecule has 1 aliphatic rings. The summed E-state index contributed by atoms with van der Waals surface area (Å²) in [6.45, 7) is 4.77. The first kappa shape index (κ1) is 32.5. The van der Waals surface area contributed by atoms with Crippen LogP contribution in [0.4, 0.5) is 17.1 Å². The Morgan fingerprint density at radius 1 is 0.812 bits per heavy atom. The standard InChI is InChI=1S/C38H37N3O6S/c1-5-47-30-20-16-28(17-21-30)39-48(43,44)31-22-23-34-33(24-31)38(42)41(29-18-14-26(2)15-19-29)37(40(34)25-27-10-7-6-8-11-27)32-12-9-13-35(45-3)36(32)46-4/h6-24,37,39H,5,25H2,1-4H3/t37-/m0/s1. The zero-order valence-electron chi connectivity index (χ0n) is 27.2. The average molecular weight is 664 g/mol. The van der Waals surface area contributed by atoms with Gasteiger partial charge in [-0.3, -0.25) is 14.4 Å². The van der Waals surface area contributed by atoms with Crippen molar-refractivity contribution in [3.63, 3.8) is 0 Å². The summed E-state index contributed by atoms with van der Waals surface area (Å²) < 4.78 is 47.1. The van der Waals surface area contributed by atoms with Crippen molar-refractivity contribution < 1.29 is 27.4 Å². The number of carbonyl (C=O) groups is 1. The third kappa shape index (κ3) is 6.39. The van der Waals surface area contributed by atoms with Crippen molar-refractivity contribution in [1.82, 2.24) is 0 Å². The van der Waals surface area contributed by atoms with Gasteiger partial charge in [0.1, 0.15) is 11.9 Å². The van der Waals surface area contributed by atoms with E-state index in [1.165, 1.54) is 12.1 Å². The molecule has 1 aliphatic heterocycles. The molecular formula is C38H37N3O6S. The van der Waals surface area contributed by atoms with Gasteiger partial charge < -0.3 is 19.1 Å². The van der Waals surface area contributed by atoms with Crippen LogP contribution in [-0.4, -0.2) is 35.2 Å². The van der Waals surface area contributed by atoms with Crippen LogP contribution in [0.25, 0.3) is 0 Å². The number of benzene rings is 5. The summed E-state index contributed by atoms with van der Waals surface area (Å²) in [5, 5.41) is 0. The molecule has 0 saturated carbocycles. The molecule has 9 nitrogen and oxygen atoms in total. The topological polar surface area (TPSA) is 97.4 Å². The maximum Gasteiger partial charge on any atom is 0.262 e. The summed E-state index contributed by atoms with van der Waals surface area (Å²) in [5.74, 6) is 1.30. The number of aryl methyl sites for hydroxylation is 1. The second-order valence-electron chi connectivity index (χ2n) is 11.3. The number of nitrogens with zero attached hydrogens (tertiary/aromatic N) is 2. The van der Waals surface area contributed by atoms with Crippen molar-refractivity contribution >= 4 is 33.0 Å². The van der Waals surface area contributed by atoms with Crippen LogP contribution in [-0.2, 0) is 16.6 Å².